The number of Topliss-reactive ketones (excluding diaryl/α,β-unsaturated/α-hetero) is 1. The van der Waals surface area contributed by atoms with Gasteiger partial charge in [0.1, 0.15) is 11.7 Å². The summed E-state index contributed by atoms with van der Waals surface area (Å²) in [5, 5.41) is 45.5. The van der Waals surface area contributed by atoms with Gasteiger partial charge in [-0.3, -0.25) is 4.79 Å². The van der Waals surface area contributed by atoms with Gasteiger partial charge in [0.15, 0.2) is 5.78 Å². The third-order valence-corrected chi connectivity index (χ3v) is 9.34. The molecule has 8 heteroatoms. The first-order valence-electron chi connectivity index (χ1n) is 10.4. The van der Waals surface area contributed by atoms with Crippen molar-refractivity contribution in [2.45, 2.75) is 83.9 Å². The maximum absolute atomic E-state index is 13.8. The number of hydrogen-bond donors (Lipinski definition) is 4. The third kappa shape index (κ3) is 3.28. The standard InChI is InChI=1S/C22H34O6.2Ac/c1-10-7-14-21(26,9-28-14)17-12(3)22(27)8-13(23)11(2)15(19(22,4)5)16(24)18(25)20(10,17)6;;/h10,12-14,16-17,23-24,26-27H,7-9H2,1-6H3;;/t10-,12-,13?,14?,16?,17?,20+,21?,22?;;/m0../s1. The minimum Gasteiger partial charge on any atom is -0.389 e. The Morgan fingerprint density at radius 2 is 1.63 bits per heavy atom. The van der Waals surface area contributed by atoms with Crippen LogP contribution in [0.25, 0.3) is 0 Å². The summed E-state index contributed by atoms with van der Waals surface area (Å²) in [6, 6.07) is 0. The maximum atomic E-state index is 13.8. The molecule has 4 aliphatic rings. The number of carbonyl (C=O) groups excluding carboxylic acids is 1. The van der Waals surface area contributed by atoms with Crippen LogP contribution in [-0.4, -0.2) is 62.3 Å². The molecule has 0 spiro atoms. The summed E-state index contributed by atoms with van der Waals surface area (Å²) >= 11 is 0. The molecule has 3 fully saturated rings. The molecule has 4 rings (SSSR count). The van der Waals surface area contributed by atoms with Crippen molar-refractivity contribution in [2.75, 3.05) is 6.61 Å². The van der Waals surface area contributed by atoms with E-state index in [2.05, 4.69) is 0 Å². The zero-order valence-corrected chi connectivity index (χ0v) is 28.3. The Bertz CT molecular complexity index is 769. The molecule has 1 aliphatic heterocycles. The number of ketones is 1. The number of carbonyl (C=O) groups is 1. The molecular weight excluding hydrogens is 814 g/mol. The number of fused-ring (bicyclic) bond motifs is 5. The molecule has 2 bridgehead atoms. The zero-order valence-electron chi connectivity index (χ0n) is 18.8. The first-order chi connectivity index (χ1) is 12.7. The molecule has 1 heterocycles. The van der Waals surface area contributed by atoms with Crippen molar-refractivity contribution in [1.82, 2.24) is 0 Å². The summed E-state index contributed by atoms with van der Waals surface area (Å²) in [6.07, 6.45) is -2.08. The van der Waals surface area contributed by atoms with Gasteiger partial charge in [-0.05, 0) is 36.3 Å². The van der Waals surface area contributed by atoms with Crippen LogP contribution < -0.4 is 0 Å². The Hall–Kier alpha value is 2.09. The molecule has 9 atom stereocenters. The van der Waals surface area contributed by atoms with E-state index in [0.29, 0.717) is 17.6 Å². The van der Waals surface area contributed by atoms with E-state index >= 15 is 0 Å². The fraction of sp³-hybridized carbons (Fsp3) is 0.864. The van der Waals surface area contributed by atoms with Crippen molar-refractivity contribution in [1.29, 1.82) is 0 Å². The average Bonchev–Trinajstić information content (AvgIpc) is 2.60. The maximum Gasteiger partial charge on any atom is 0.172 e. The molecule has 6 unspecified atom stereocenters. The van der Waals surface area contributed by atoms with Crippen LogP contribution in [0.5, 0.6) is 0 Å². The fourth-order valence-electron chi connectivity index (χ4n) is 7.30. The monoisotopic (exact) mass is 848 g/mol. The summed E-state index contributed by atoms with van der Waals surface area (Å²) in [5.41, 5.74) is -3.55. The van der Waals surface area contributed by atoms with Gasteiger partial charge >= 0.3 is 0 Å². The van der Waals surface area contributed by atoms with Crippen LogP contribution >= 0.6 is 0 Å². The van der Waals surface area contributed by atoms with Gasteiger partial charge in [-0.25, -0.2) is 0 Å². The molecule has 2 radical (unpaired) electrons. The molecule has 2 saturated carbocycles. The van der Waals surface area contributed by atoms with Crippen LogP contribution in [0.4, 0.5) is 0 Å². The zero-order chi connectivity index (χ0) is 21.0. The normalized spacial score (nSPS) is 51.9. The van der Waals surface area contributed by atoms with Crippen LogP contribution in [0.1, 0.15) is 54.4 Å². The molecular formula is C22H34Ac2O6. The average molecular weight is 849 g/mol. The molecule has 6 nitrogen and oxygen atoms in total. The number of hydrogen-bond acceptors (Lipinski definition) is 6. The van der Waals surface area contributed by atoms with Crippen molar-refractivity contribution < 1.29 is 118 Å². The van der Waals surface area contributed by atoms with Gasteiger partial charge in [-0.2, -0.15) is 0 Å². The molecule has 164 valence electrons. The van der Waals surface area contributed by atoms with E-state index in [0.717, 1.165) is 0 Å². The fourth-order valence-corrected chi connectivity index (χ4v) is 7.30. The Morgan fingerprint density at radius 3 is 2.13 bits per heavy atom. The Labute approximate surface area is 250 Å². The summed E-state index contributed by atoms with van der Waals surface area (Å²) in [5.74, 6) is -1.51. The minimum absolute atomic E-state index is 0. The van der Waals surface area contributed by atoms with Gasteiger partial charge in [0, 0.05) is 111 Å². The quantitative estimate of drug-likeness (QED) is 0.274. The van der Waals surface area contributed by atoms with Crippen LogP contribution in [0, 0.1) is 117 Å². The van der Waals surface area contributed by atoms with E-state index in [1.54, 1.807) is 6.92 Å². The van der Waals surface area contributed by atoms with Gasteiger partial charge in [0.05, 0.1) is 24.4 Å². The van der Waals surface area contributed by atoms with Crippen LogP contribution in [0.3, 0.4) is 0 Å². The second-order valence-electron chi connectivity index (χ2n) is 10.6. The first-order valence-corrected chi connectivity index (χ1v) is 10.4. The summed E-state index contributed by atoms with van der Waals surface area (Å²) in [7, 11) is 0. The van der Waals surface area contributed by atoms with Crippen molar-refractivity contribution in [2.24, 2.45) is 28.6 Å². The molecule has 4 N–H and O–H groups in total. The first kappa shape index (κ1) is 28.3. The summed E-state index contributed by atoms with van der Waals surface area (Å²) in [4.78, 5) is 13.8. The molecule has 1 saturated heterocycles. The van der Waals surface area contributed by atoms with E-state index in [9.17, 15) is 25.2 Å². The number of rotatable bonds is 0. The van der Waals surface area contributed by atoms with E-state index < -0.39 is 46.1 Å². The van der Waals surface area contributed by atoms with Crippen LogP contribution in [0.2, 0.25) is 0 Å². The Balaban J connectivity index is 0.00000160. The van der Waals surface area contributed by atoms with E-state index in [4.69, 9.17) is 4.74 Å². The van der Waals surface area contributed by atoms with Crippen LogP contribution in [0.15, 0.2) is 11.1 Å². The smallest absolute Gasteiger partial charge is 0.172 e. The summed E-state index contributed by atoms with van der Waals surface area (Å²) < 4.78 is 5.65. The summed E-state index contributed by atoms with van der Waals surface area (Å²) in [6.45, 7) is 11.2. The van der Waals surface area contributed by atoms with Crippen molar-refractivity contribution >= 4 is 5.78 Å². The molecule has 3 aliphatic carbocycles. The molecule has 0 aromatic rings. The molecule has 30 heavy (non-hydrogen) atoms. The topological polar surface area (TPSA) is 107 Å². The van der Waals surface area contributed by atoms with Crippen molar-refractivity contribution in [3.8, 4) is 0 Å². The Kier molecular flexibility index (Phi) is 8.16. The number of ether oxygens (including phenoxy) is 1. The van der Waals surface area contributed by atoms with Gasteiger partial charge in [-0.15, -0.1) is 0 Å². The van der Waals surface area contributed by atoms with Gasteiger partial charge in [0.2, 0.25) is 0 Å². The molecule has 0 aromatic heterocycles. The molecule has 0 aromatic carbocycles. The van der Waals surface area contributed by atoms with Crippen molar-refractivity contribution in [3.05, 3.63) is 11.1 Å². The number of aliphatic hydroxyl groups is 4. The predicted molar refractivity (Wildman–Crippen MR) is 102 cm³/mol. The second kappa shape index (κ2) is 8.64. The number of aliphatic hydroxyl groups excluding tert-OH is 2. The predicted octanol–water partition coefficient (Wildman–Crippen LogP) is 1.20. The SMILES string of the molecule is CC1=C2C(O)C(=O)[C@@]3(C)C([C@H](C)C(O)(CC1O)C2(C)C)C1(O)COC1C[C@@H]3C.[Ac].[Ac]. The third-order valence-electron chi connectivity index (χ3n) is 9.34. The largest absolute Gasteiger partial charge is 0.389 e. The van der Waals surface area contributed by atoms with Gasteiger partial charge < -0.3 is 25.2 Å². The molecule has 0 amide bonds. The van der Waals surface area contributed by atoms with E-state index in [-0.39, 0.29) is 119 Å². The minimum atomic E-state index is -1.42. The van der Waals surface area contributed by atoms with Gasteiger partial charge in [0.25, 0.3) is 0 Å². The van der Waals surface area contributed by atoms with E-state index in [1.807, 2.05) is 34.6 Å². The second-order valence-corrected chi connectivity index (χ2v) is 10.6. The Morgan fingerprint density at radius 1 is 1.07 bits per heavy atom. The van der Waals surface area contributed by atoms with Crippen LogP contribution in [-0.2, 0) is 9.53 Å². The van der Waals surface area contributed by atoms with Crippen molar-refractivity contribution in [3.63, 3.8) is 0 Å². The van der Waals surface area contributed by atoms with Gasteiger partial charge in [-0.1, -0.05) is 34.6 Å². The van der Waals surface area contributed by atoms with E-state index in [1.165, 1.54) is 0 Å².